The summed E-state index contributed by atoms with van der Waals surface area (Å²) in [5, 5.41) is 0. The molecule has 2 nitrogen and oxygen atoms in total. The van der Waals surface area contributed by atoms with E-state index in [4.69, 9.17) is 0 Å². The molecule has 0 bridgehead atoms. The van der Waals surface area contributed by atoms with Crippen LogP contribution in [0.2, 0.25) is 0 Å². The Balaban J connectivity index is 0.000000184. The zero-order chi connectivity index (χ0) is 27.9. The van der Waals surface area contributed by atoms with E-state index in [1.165, 1.54) is 44.5 Å². The van der Waals surface area contributed by atoms with E-state index in [-0.39, 0.29) is 20.1 Å². The molecular weight excluding hydrogens is 677 g/mol. The summed E-state index contributed by atoms with van der Waals surface area (Å²) in [4.78, 5) is 8.81. The van der Waals surface area contributed by atoms with Gasteiger partial charge < -0.3 is 4.98 Å². The molecule has 0 saturated carbocycles. The standard InChI is InChI=1S/C19H17N.C19H16N.Ir/c2*1-14-10-15(2)12-18(11-14)16-6-5-7-17(13-16)19-8-3-4-9-20-19;/h3-13H,1-2H3;3-6,8-13H,1-2H3;/q;-1;. The first kappa shape index (κ1) is 29.8. The maximum Gasteiger partial charge on any atom is 0.0702 e. The van der Waals surface area contributed by atoms with Crippen LogP contribution < -0.4 is 0 Å². The van der Waals surface area contributed by atoms with Gasteiger partial charge in [0.05, 0.1) is 5.69 Å². The molecule has 0 atom stereocenters. The van der Waals surface area contributed by atoms with E-state index in [0.29, 0.717) is 0 Å². The number of hydrogen-bond donors (Lipinski definition) is 0. The number of rotatable bonds is 4. The molecule has 0 unspecified atom stereocenters. The summed E-state index contributed by atoms with van der Waals surface area (Å²) in [6.07, 6.45) is 3.64. The van der Waals surface area contributed by atoms with E-state index in [1.807, 2.05) is 54.9 Å². The number of hydrogen-bond acceptors (Lipinski definition) is 2. The van der Waals surface area contributed by atoms with E-state index in [2.05, 4.69) is 117 Å². The van der Waals surface area contributed by atoms with Gasteiger partial charge in [-0.05, 0) is 74.3 Å². The zero-order valence-electron chi connectivity index (χ0n) is 23.9. The van der Waals surface area contributed by atoms with E-state index in [1.54, 1.807) is 0 Å². The topological polar surface area (TPSA) is 25.8 Å². The molecule has 4 aromatic carbocycles. The van der Waals surface area contributed by atoms with Gasteiger partial charge in [-0.25, -0.2) is 0 Å². The third-order valence-corrected chi connectivity index (χ3v) is 6.68. The molecule has 41 heavy (non-hydrogen) atoms. The van der Waals surface area contributed by atoms with Gasteiger partial charge in [-0.3, -0.25) is 4.98 Å². The Labute approximate surface area is 257 Å². The van der Waals surface area contributed by atoms with Crippen LogP contribution in [0.25, 0.3) is 44.8 Å². The van der Waals surface area contributed by atoms with Crippen molar-refractivity contribution in [1.29, 1.82) is 0 Å². The Hall–Kier alpha value is -4.17. The van der Waals surface area contributed by atoms with Gasteiger partial charge in [0.2, 0.25) is 0 Å². The molecule has 0 spiro atoms. The molecule has 2 aromatic heterocycles. The van der Waals surface area contributed by atoms with Crippen LogP contribution in [0.1, 0.15) is 22.3 Å². The largest absolute Gasteiger partial charge is 0.305 e. The fourth-order valence-electron chi connectivity index (χ4n) is 4.99. The normalized spacial score (nSPS) is 10.2. The average molecular weight is 710 g/mol. The molecule has 0 saturated heterocycles. The van der Waals surface area contributed by atoms with Crippen molar-refractivity contribution in [1.82, 2.24) is 9.97 Å². The predicted octanol–water partition coefficient (Wildman–Crippen LogP) is 9.86. The average Bonchev–Trinajstić information content (AvgIpc) is 2.98. The third-order valence-electron chi connectivity index (χ3n) is 6.68. The van der Waals surface area contributed by atoms with Crippen molar-refractivity contribution in [2.24, 2.45) is 0 Å². The van der Waals surface area contributed by atoms with E-state index < -0.39 is 0 Å². The Morgan fingerprint density at radius 1 is 0.439 bits per heavy atom. The molecule has 0 N–H and O–H groups in total. The van der Waals surface area contributed by atoms with Crippen LogP contribution in [0.5, 0.6) is 0 Å². The number of aryl methyl sites for hydroxylation is 4. The van der Waals surface area contributed by atoms with Crippen molar-refractivity contribution in [3.05, 3.63) is 156 Å². The van der Waals surface area contributed by atoms with E-state index >= 15 is 0 Å². The van der Waals surface area contributed by atoms with Gasteiger partial charge in [0.15, 0.2) is 0 Å². The van der Waals surface area contributed by atoms with Gasteiger partial charge in [-0.15, -0.1) is 35.4 Å². The molecule has 205 valence electrons. The molecule has 2 heterocycles. The second kappa shape index (κ2) is 13.9. The van der Waals surface area contributed by atoms with E-state index in [0.717, 1.165) is 22.5 Å². The summed E-state index contributed by atoms with van der Waals surface area (Å²) in [7, 11) is 0. The quantitative estimate of drug-likeness (QED) is 0.170. The fraction of sp³-hybridized carbons (Fsp3) is 0.105. The molecule has 1 radical (unpaired) electrons. The number of benzene rings is 4. The minimum atomic E-state index is 0. The smallest absolute Gasteiger partial charge is 0.0702 e. The Morgan fingerprint density at radius 2 is 0.951 bits per heavy atom. The van der Waals surface area contributed by atoms with Crippen molar-refractivity contribution in [2.75, 3.05) is 0 Å². The maximum atomic E-state index is 4.42. The van der Waals surface area contributed by atoms with Gasteiger partial charge in [-0.1, -0.05) is 95.1 Å². The number of nitrogens with zero attached hydrogens (tertiary/aromatic N) is 2. The minimum absolute atomic E-state index is 0. The molecule has 6 aromatic rings. The second-order valence-corrected chi connectivity index (χ2v) is 10.3. The predicted molar refractivity (Wildman–Crippen MR) is 168 cm³/mol. The van der Waals surface area contributed by atoms with Gasteiger partial charge in [0.25, 0.3) is 0 Å². The molecule has 0 aliphatic carbocycles. The van der Waals surface area contributed by atoms with Crippen LogP contribution in [0, 0.1) is 33.8 Å². The van der Waals surface area contributed by atoms with E-state index in [9.17, 15) is 0 Å². The SMILES string of the molecule is Cc1cc(C)cc(-c2cc[c-]c(-c3ccccn3)c2)c1.Cc1cc(C)cc(-c2cccc(-c3ccccn3)c2)c1.[Ir]. The zero-order valence-corrected chi connectivity index (χ0v) is 26.2. The molecule has 0 aliphatic rings. The van der Waals surface area contributed by atoms with Crippen molar-refractivity contribution in [2.45, 2.75) is 27.7 Å². The summed E-state index contributed by atoms with van der Waals surface area (Å²) < 4.78 is 0. The summed E-state index contributed by atoms with van der Waals surface area (Å²) in [6, 6.07) is 43.3. The summed E-state index contributed by atoms with van der Waals surface area (Å²) in [5.74, 6) is 0. The Bertz CT molecular complexity index is 1560. The van der Waals surface area contributed by atoms with Crippen molar-refractivity contribution in [3.63, 3.8) is 0 Å². The molecule has 0 fully saturated rings. The van der Waals surface area contributed by atoms with Crippen LogP contribution >= 0.6 is 0 Å². The Morgan fingerprint density at radius 3 is 1.49 bits per heavy atom. The van der Waals surface area contributed by atoms with Crippen LogP contribution in [0.15, 0.2) is 128 Å². The third kappa shape index (κ3) is 7.95. The molecule has 0 amide bonds. The van der Waals surface area contributed by atoms with Crippen molar-refractivity contribution >= 4 is 0 Å². The van der Waals surface area contributed by atoms with Crippen LogP contribution in [0.3, 0.4) is 0 Å². The van der Waals surface area contributed by atoms with Crippen LogP contribution in [-0.4, -0.2) is 9.97 Å². The summed E-state index contributed by atoms with van der Waals surface area (Å²) >= 11 is 0. The van der Waals surface area contributed by atoms with Crippen molar-refractivity contribution < 1.29 is 20.1 Å². The number of pyridine rings is 2. The first-order chi connectivity index (χ1) is 19.4. The van der Waals surface area contributed by atoms with Gasteiger partial charge in [-0.2, -0.15) is 0 Å². The van der Waals surface area contributed by atoms with Crippen LogP contribution in [0.4, 0.5) is 0 Å². The van der Waals surface area contributed by atoms with Gasteiger partial charge >= 0.3 is 0 Å². The second-order valence-electron chi connectivity index (χ2n) is 10.3. The van der Waals surface area contributed by atoms with Crippen molar-refractivity contribution in [3.8, 4) is 44.8 Å². The molecule has 3 heteroatoms. The minimum Gasteiger partial charge on any atom is -0.305 e. The van der Waals surface area contributed by atoms with Gasteiger partial charge in [0.1, 0.15) is 0 Å². The van der Waals surface area contributed by atoms with Gasteiger partial charge in [0, 0.05) is 38.1 Å². The monoisotopic (exact) mass is 710 g/mol. The first-order valence-electron chi connectivity index (χ1n) is 13.6. The number of aromatic nitrogens is 2. The first-order valence-corrected chi connectivity index (χ1v) is 13.6. The summed E-state index contributed by atoms with van der Waals surface area (Å²) in [6.45, 7) is 8.54. The Kier molecular flexibility index (Phi) is 10.1. The maximum absolute atomic E-state index is 4.42. The summed E-state index contributed by atoms with van der Waals surface area (Å²) in [5.41, 5.74) is 14.3. The van der Waals surface area contributed by atoms with Crippen LogP contribution in [-0.2, 0) is 20.1 Å². The molecule has 6 rings (SSSR count). The fourth-order valence-corrected chi connectivity index (χ4v) is 4.99. The molecule has 0 aliphatic heterocycles. The molecular formula is C38H33IrN2-.